The van der Waals surface area contributed by atoms with E-state index in [0.717, 1.165) is 6.42 Å². The van der Waals surface area contributed by atoms with Crippen LogP contribution in [-0.4, -0.2) is 14.2 Å². The SMILES string of the molecule is CCCCS(=O)(=O)Nc1ccc(C#N)c(C#N)c1. The first kappa shape index (κ1) is 14.0. The van der Waals surface area contributed by atoms with Gasteiger partial charge in [-0.1, -0.05) is 13.3 Å². The summed E-state index contributed by atoms with van der Waals surface area (Å²) in [5.41, 5.74) is 0.698. The van der Waals surface area contributed by atoms with Gasteiger partial charge in [-0.15, -0.1) is 0 Å². The van der Waals surface area contributed by atoms with E-state index < -0.39 is 10.0 Å². The molecule has 1 aromatic rings. The molecule has 0 aliphatic heterocycles. The molecular weight excluding hydrogens is 250 g/mol. The number of rotatable bonds is 5. The zero-order valence-corrected chi connectivity index (χ0v) is 10.8. The lowest BCUT2D eigenvalue weighted by molar-refractivity contribution is 0.598. The fraction of sp³-hybridized carbons (Fsp3) is 0.333. The topological polar surface area (TPSA) is 93.8 Å². The Morgan fingerprint density at radius 2 is 1.89 bits per heavy atom. The van der Waals surface area contributed by atoms with Crippen LogP contribution in [0.5, 0.6) is 0 Å². The summed E-state index contributed by atoms with van der Waals surface area (Å²) in [6.07, 6.45) is 1.37. The van der Waals surface area contributed by atoms with Gasteiger partial charge in [0.1, 0.15) is 12.1 Å². The molecule has 0 amide bonds. The van der Waals surface area contributed by atoms with Crippen LogP contribution in [0.25, 0.3) is 0 Å². The first-order valence-electron chi connectivity index (χ1n) is 5.47. The highest BCUT2D eigenvalue weighted by atomic mass is 32.2. The summed E-state index contributed by atoms with van der Waals surface area (Å²) in [4.78, 5) is 0. The van der Waals surface area contributed by atoms with Crippen molar-refractivity contribution in [3.8, 4) is 12.1 Å². The van der Waals surface area contributed by atoms with E-state index in [9.17, 15) is 8.42 Å². The maximum atomic E-state index is 11.7. The van der Waals surface area contributed by atoms with Gasteiger partial charge in [0.15, 0.2) is 0 Å². The minimum absolute atomic E-state index is 0.0470. The average molecular weight is 263 g/mol. The Kier molecular flexibility index (Phi) is 4.70. The summed E-state index contributed by atoms with van der Waals surface area (Å²) >= 11 is 0. The Balaban J connectivity index is 2.94. The summed E-state index contributed by atoms with van der Waals surface area (Å²) < 4.78 is 25.7. The number of hydrogen-bond donors (Lipinski definition) is 1. The predicted molar refractivity (Wildman–Crippen MR) is 68.2 cm³/mol. The smallest absolute Gasteiger partial charge is 0.232 e. The van der Waals surface area contributed by atoms with Crippen molar-refractivity contribution in [3.63, 3.8) is 0 Å². The van der Waals surface area contributed by atoms with Gasteiger partial charge < -0.3 is 0 Å². The van der Waals surface area contributed by atoms with E-state index in [1.54, 1.807) is 0 Å². The Morgan fingerprint density at radius 1 is 1.22 bits per heavy atom. The van der Waals surface area contributed by atoms with Crippen molar-refractivity contribution in [2.75, 3.05) is 10.5 Å². The second-order valence-corrected chi connectivity index (χ2v) is 5.60. The predicted octanol–water partition coefficient (Wildman–Crippen LogP) is 1.97. The van der Waals surface area contributed by atoms with E-state index in [1.807, 2.05) is 19.1 Å². The number of anilines is 1. The molecule has 0 aliphatic rings. The van der Waals surface area contributed by atoms with Gasteiger partial charge in [-0.3, -0.25) is 4.72 Å². The molecule has 1 N–H and O–H groups in total. The molecule has 0 radical (unpaired) electrons. The minimum Gasteiger partial charge on any atom is -0.284 e. The van der Waals surface area contributed by atoms with Crippen molar-refractivity contribution in [3.05, 3.63) is 29.3 Å². The van der Waals surface area contributed by atoms with Crippen molar-refractivity contribution < 1.29 is 8.42 Å². The van der Waals surface area contributed by atoms with Crippen LogP contribution < -0.4 is 4.72 Å². The molecule has 1 aromatic carbocycles. The van der Waals surface area contributed by atoms with Gasteiger partial charge in [0, 0.05) is 5.69 Å². The molecule has 0 saturated heterocycles. The van der Waals surface area contributed by atoms with Crippen molar-refractivity contribution in [1.82, 2.24) is 0 Å². The van der Waals surface area contributed by atoms with Crippen LogP contribution in [0.2, 0.25) is 0 Å². The molecule has 0 spiro atoms. The Hall–Kier alpha value is -2.05. The molecule has 5 nitrogen and oxygen atoms in total. The lowest BCUT2D eigenvalue weighted by atomic mass is 10.1. The number of nitrogens with one attached hydrogen (secondary N) is 1. The maximum Gasteiger partial charge on any atom is 0.232 e. The number of nitriles is 2. The molecule has 0 atom stereocenters. The molecule has 0 unspecified atom stereocenters. The van der Waals surface area contributed by atoms with Crippen LogP contribution in [0, 0.1) is 22.7 Å². The van der Waals surface area contributed by atoms with Gasteiger partial charge in [0.25, 0.3) is 0 Å². The van der Waals surface area contributed by atoms with Crippen molar-refractivity contribution in [2.24, 2.45) is 0 Å². The normalized spacial score (nSPS) is 10.4. The largest absolute Gasteiger partial charge is 0.284 e. The van der Waals surface area contributed by atoms with E-state index in [-0.39, 0.29) is 16.9 Å². The molecule has 0 heterocycles. The molecule has 0 saturated carbocycles. The van der Waals surface area contributed by atoms with Crippen molar-refractivity contribution >= 4 is 15.7 Å². The molecule has 0 fully saturated rings. The fourth-order valence-electron chi connectivity index (χ4n) is 1.36. The third-order valence-corrected chi connectivity index (χ3v) is 3.67. The molecule has 6 heteroatoms. The Morgan fingerprint density at radius 3 is 2.44 bits per heavy atom. The van der Waals surface area contributed by atoms with E-state index in [0.29, 0.717) is 12.1 Å². The standard InChI is InChI=1S/C12H13N3O2S/c1-2-3-6-18(16,17)15-12-5-4-10(8-13)11(7-12)9-14/h4-5,7,15H,2-3,6H2,1H3. The third kappa shape index (κ3) is 3.76. The van der Waals surface area contributed by atoms with Crippen LogP contribution in [0.1, 0.15) is 30.9 Å². The Bertz CT molecular complexity index is 609. The van der Waals surface area contributed by atoms with Crippen molar-refractivity contribution in [1.29, 1.82) is 10.5 Å². The van der Waals surface area contributed by atoms with Crippen LogP contribution in [-0.2, 0) is 10.0 Å². The summed E-state index contributed by atoms with van der Waals surface area (Å²) in [5.74, 6) is 0.0470. The molecule has 0 aliphatic carbocycles. The highest BCUT2D eigenvalue weighted by Gasteiger charge is 2.11. The second kappa shape index (κ2) is 6.04. The van der Waals surface area contributed by atoms with Gasteiger partial charge in [0.2, 0.25) is 10.0 Å². The fourth-order valence-corrected chi connectivity index (χ4v) is 2.62. The first-order valence-corrected chi connectivity index (χ1v) is 7.12. The summed E-state index contributed by atoms with van der Waals surface area (Å²) in [7, 11) is -3.38. The van der Waals surface area contributed by atoms with E-state index in [1.165, 1.54) is 18.2 Å². The van der Waals surface area contributed by atoms with Crippen LogP contribution in [0.3, 0.4) is 0 Å². The average Bonchev–Trinajstić information content (AvgIpc) is 2.35. The zero-order chi connectivity index (χ0) is 13.6. The molecule has 1 rings (SSSR count). The van der Waals surface area contributed by atoms with Gasteiger partial charge in [-0.2, -0.15) is 10.5 Å². The lowest BCUT2D eigenvalue weighted by Gasteiger charge is -2.07. The van der Waals surface area contributed by atoms with Crippen LogP contribution in [0.15, 0.2) is 18.2 Å². The highest BCUT2D eigenvalue weighted by molar-refractivity contribution is 7.92. The van der Waals surface area contributed by atoms with E-state index in [2.05, 4.69) is 4.72 Å². The summed E-state index contributed by atoms with van der Waals surface area (Å²) in [5, 5.41) is 17.6. The van der Waals surface area contributed by atoms with Crippen LogP contribution >= 0.6 is 0 Å². The third-order valence-electron chi connectivity index (χ3n) is 2.30. The Labute approximate surface area is 107 Å². The molecular formula is C12H13N3O2S. The highest BCUT2D eigenvalue weighted by Crippen LogP contribution is 2.16. The first-order chi connectivity index (χ1) is 8.52. The van der Waals surface area contributed by atoms with Crippen LogP contribution in [0.4, 0.5) is 5.69 Å². The van der Waals surface area contributed by atoms with Gasteiger partial charge >= 0.3 is 0 Å². The van der Waals surface area contributed by atoms with E-state index >= 15 is 0 Å². The molecule has 94 valence electrons. The summed E-state index contributed by atoms with van der Waals surface area (Å²) in [6, 6.07) is 7.99. The van der Waals surface area contributed by atoms with Gasteiger partial charge in [-0.25, -0.2) is 8.42 Å². The monoisotopic (exact) mass is 263 g/mol. The van der Waals surface area contributed by atoms with Gasteiger partial charge in [0.05, 0.1) is 16.9 Å². The number of sulfonamides is 1. The molecule has 0 bridgehead atoms. The number of nitrogens with zero attached hydrogens (tertiary/aromatic N) is 2. The number of unbranched alkanes of at least 4 members (excludes halogenated alkanes) is 1. The quantitative estimate of drug-likeness (QED) is 0.878. The molecule has 18 heavy (non-hydrogen) atoms. The lowest BCUT2D eigenvalue weighted by Crippen LogP contribution is -2.16. The minimum atomic E-state index is -3.38. The van der Waals surface area contributed by atoms with Crippen molar-refractivity contribution in [2.45, 2.75) is 19.8 Å². The van der Waals surface area contributed by atoms with Gasteiger partial charge in [-0.05, 0) is 24.6 Å². The number of benzene rings is 1. The maximum absolute atomic E-state index is 11.7. The summed E-state index contributed by atoms with van der Waals surface area (Å²) in [6.45, 7) is 1.91. The number of hydrogen-bond acceptors (Lipinski definition) is 4. The second-order valence-electron chi connectivity index (χ2n) is 3.76. The zero-order valence-electron chi connectivity index (χ0n) is 9.97. The van der Waals surface area contributed by atoms with E-state index in [4.69, 9.17) is 10.5 Å². The molecule has 0 aromatic heterocycles.